The van der Waals surface area contributed by atoms with E-state index in [-0.39, 0.29) is 10.6 Å². The quantitative estimate of drug-likeness (QED) is 0.326. The van der Waals surface area contributed by atoms with Gasteiger partial charge in [0.25, 0.3) is 5.91 Å². The van der Waals surface area contributed by atoms with Gasteiger partial charge in [-0.3, -0.25) is 4.79 Å². The third kappa shape index (κ3) is 5.87. The van der Waals surface area contributed by atoms with Crippen molar-refractivity contribution in [1.82, 2.24) is 5.43 Å². The molecule has 0 unspecified atom stereocenters. The number of rotatable bonds is 6. The van der Waals surface area contributed by atoms with Crippen LogP contribution in [0.4, 0.5) is 0 Å². The monoisotopic (exact) mass is 466 g/mol. The van der Waals surface area contributed by atoms with Gasteiger partial charge in [0.05, 0.1) is 21.8 Å². The van der Waals surface area contributed by atoms with E-state index < -0.39 is 5.91 Å². The zero-order valence-electron chi connectivity index (χ0n) is 14.8. The molecule has 8 heteroatoms. The van der Waals surface area contributed by atoms with E-state index >= 15 is 0 Å². The summed E-state index contributed by atoms with van der Waals surface area (Å²) < 4.78 is 5.73. The smallest absolute Gasteiger partial charge is 0.272 e. The molecule has 4 nitrogen and oxygen atoms in total. The van der Waals surface area contributed by atoms with Crippen molar-refractivity contribution in [2.45, 2.75) is 6.61 Å². The van der Waals surface area contributed by atoms with Crippen LogP contribution in [0.1, 0.15) is 21.5 Å². The molecule has 3 aromatic carbocycles. The molecule has 0 aliphatic rings. The van der Waals surface area contributed by atoms with E-state index in [1.165, 1.54) is 18.3 Å². The zero-order valence-corrected chi connectivity index (χ0v) is 17.9. The fourth-order valence-corrected chi connectivity index (χ4v) is 3.31. The second-order valence-corrected chi connectivity index (χ2v) is 7.55. The number of benzene rings is 3. The van der Waals surface area contributed by atoms with Crippen molar-refractivity contribution in [2.75, 3.05) is 0 Å². The number of nitrogens with zero attached hydrogens (tertiary/aromatic N) is 1. The molecule has 0 bridgehead atoms. The van der Waals surface area contributed by atoms with Crippen molar-refractivity contribution in [3.8, 4) is 5.75 Å². The van der Waals surface area contributed by atoms with Crippen LogP contribution in [0.25, 0.3) is 0 Å². The van der Waals surface area contributed by atoms with Crippen molar-refractivity contribution >= 4 is 58.5 Å². The second kappa shape index (κ2) is 9.99. The van der Waals surface area contributed by atoms with Crippen LogP contribution < -0.4 is 10.2 Å². The van der Waals surface area contributed by atoms with Gasteiger partial charge in [-0.05, 0) is 48.0 Å². The minimum Gasteiger partial charge on any atom is -0.487 e. The lowest BCUT2D eigenvalue weighted by molar-refractivity contribution is 0.0955. The Hall–Kier alpha value is -2.24. The maximum absolute atomic E-state index is 12.1. The van der Waals surface area contributed by atoms with Crippen LogP contribution in [0.15, 0.2) is 65.8 Å². The lowest BCUT2D eigenvalue weighted by atomic mass is 10.2. The topological polar surface area (TPSA) is 50.7 Å². The lowest BCUT2D eigenvalue weighted by Gasteiger charge is -2.09. The summed E-state index contributed by atoms with van der Waals surface area (Å²) >= 11 is 24.2. The number of carbonyl (C=O) groups is 1. The summed E-state index contributed by atoms with van der Waals surface area (Å²) in [7, 11) is 0. The number of hydrogen-bond donors (Lipinski definition) is 1. The average molecular weight is 468 g/mol. The van der Waals surface area contributed by atoms with Crippen LogP contribution in [0.5, 0.6) is 5.75 Å². The van der Waals surface area contributed by atoms with Gasteiger partial charge < -0.3 is 4.74 Å². The van der Waals surface area contributed by atoms with Gasteiger partial charge in [-0.2, -0.15) is 5.10 Å². The molecular weight excluding hydrogens is 454 g/mol. The van der Waals surface area contributed by atoms with Crippen LogP contribution in [0.3, 0.4) is 0 Å². The molecule has 0 atom stereocenters. The van der Waals surface area contributed by atoms with E-state index in [0.29, 0.717) is 33.0 Å². The molecular formula is C21H14Cl4N2O2. The number of hydrogen-bond acceptors (Lipinski definition) is 3. The maximum atomic E-state index is 12.1. The normalized spacial score (nSPS) is 10.9. The van der Waals surface area contributed by atoms with Crippen molar-refractivity contribution < 1.29 is 9.53 Å². The van der Waals surface area contributed by atoms with Gasteiger partial charge in [-0.15, -0.1) is 0 Å². The van der Waals surface area contributed by atoms with Gasteiger partial charge in [0.2, 0.25) is 0 Å². The van der Waals surface area contributed by atoms with E-state index in [2.05, 4.69) is 10.5 Å². The molecule has 0 aliphatic heterocycles. The van der Waals surface area contributed by atoms with Gasteiger partial charge in [0.15, 0.2) is 0 Å². The van der Waals surface area contributed by atoms with Gasteiger partial charge >= 0.3 is 0 Å². The Kier molecular flexibility index (Phi) is 7.40. The third-order valence-corrected chi connectivity index (χ3v) is 5.06. The largest absolute Gasteiger partial charge is 0.487 e. The molecule has 1 amide bonds. The number of carbonyl (C=O) groups excluding carboxylic acids is 1. The summed E-state index contributed by atoms with van der Waals surface area (Å²) in [5.41, 5.74) is 4.22. The molecule has 0 fully saturated rings. The Balaban J connectivity index is 1.61. The SMILES string of the molecule is O=C(N/N=C\c1ccc(OCc2ccccc2Cl)c(Cl)c1)c1ccc(Cl)cc1Cl. The molecule has 0 aromatic heterocycles. The number of halogens is 4. The number of ether oxygens (including phenoxy) is 1. The first-order valence-electron chi connectivity index (χ1n) is 8.38. The van der Waals surface area contributed by atoms with Crippen LogP contribution in [-0.4, -0.2) is 12.1 Å². The molecule has 0 saturated carbocycles. The van der Waals surface area contributed by atoms with Crippen molar-refractivity contribution in [1.29, 1.82) is 0 Å². The highest BCUT2D eigenvalue weighted by molar-refractivity contribution is 6.36. The maximum Gasteiger partial charge on any atom is 0.272 e. The van der Waals surface area contributed by atoms with Crippen molar-refractivity contribution in [3.05, 3.63) is 97.4 Å². The first kappa shape index (κ1) is 21.5. The predicted molar refractivity (Wildman–Crippen MR) is 119 cm³/mol. The highest BCUT2D eigenvalue weighted by Crippen LogP contribution is 2.27. The predicted octanol–water partition coefficient (Wildman–Crippen LogP) is 6.64. The zero-order chi connectivity index (χ0) is 20.8. The van der Waals surface area contributed by atoms with E-state index in [4.69, 9.17) is 51.1 Å². The Morgan fingerprint density at radius 3 is 2.45 bits per heavy atom. The van der Waals surface area contributed by atoms with Gasteiger partial charge in [-0.25, -0.2) is 5.43 Å². The summed E-state index contributed by atoms with van der Waals surface area (Å²) in [6.45, 7) is 0.296. The minimum absolute atomic E-state index is 0.244. The average Bonchev–Trinajstić information content (AvgIpc) is 2.68. The highest BCUT2D eigenvalue weighted by Gasteiger charge is 2.10. The summed E-state index contributed by atoms with van der Waals surface area (Å²) in [6, 6.07) is 17.2. The molecule has 0 saturated heterocycles. The standard InChI is InChI=1S/C21H14Cl4N2O2/c22-15-6-7-16(18(24)10-15)21(28)27-26-11-13-5-8-20(19(25)9-13)29-12-14-3-1-2-4-17(14)23/h1-11H,12H2,(H,27,28)/b26-11-. The molecule has 0 aliphatic carbocycles. The van der Waals surface area contributed by atoms with Gasteiger partial charge in [-0.1, -0.05) is 64.6 Å². The fraction of sp³-hybridized carbons (Fsp3) is 0.0476. The summed E-state index contributed by atoms with van der Waals surface area (Å²) in [5.74, 6) is 0.0643. The Morgan fingerprint density at radius 1 is 0.931 bits per heavy atom. The Morgan fingerprint density at radius 2 is 1.72 bits per heavy atom. The highest BCUT2D eigenvalue weighted by atomic mass is 35.5. The molecule has 3 rings (SSSR count). The Labute approximate surface area is 188 Å². The molecule has 3 aromatic rings. The lowest BCUT2D eigenvalue weighted by Crippen LogP contribution is -2.18. The van der Waals surface area contributed by atoms with Crippen molar-refractivity contribution in [3.63, 3.8) is 0 Å². The van der Waals surface area contributed by atoms with Crippen LogP contribution >= 0.6 is 46.4 Å². The first-order chi connectivity index (χ1) is 13.9. The molecule has 0 heterocycles. The van der Waals surface area contributed by atoms with Gasteiger partial charge in [0, 0.05) is 15.6 Å². The van der Waals surface area contributed by atoms with E-state index in [9.17, 15) is 4.79 Å². The molecule has 0 spiro atoms. The van der Waals surface area contributed by atoms with E-state index in [1.807, 2.05) is 18.2 Å². The minimum atomic E-state index is -0.450. The van der Waals surface area contributed by atoms with Crippen LogP contribution in [0, 0.1) is 0 Å². The van der Waals surface area contributed by atoms with Crippen LogP contribution in [-0.2, 0) is 6.61 Å². The molecule has 0 radical (unpaired) electrons. The number of amides is 1. The molecule has 1 N–H and O–H groups in total. The van der Waals surface area contributed by atoms with Gasteiger partial charge in [0.1, 0.15) is 12.4 Å². The second-order valence-electron chi connectivity index (χ2n) is 5.89. The molecule has 29 heavy (non-hydrogen) atoms. The number of hydrazone groups is 1. The summed E-state index contributed by atoms with van der Waals surface area (Å²) in [5, 5.41) is 5.65. The summed E-state index contributed by atoms with van der Waals surface area (Å²) in [4.78, 5) is 12.1. The number of nitrogens with one attached hydrogen (secondary N) is 1. The summed E-state index contributed by atoms with van der Waals surface area (Å²) in [6.07, 6.45) is 1.46. The third-order valence-electron chi connectivity index (χ3n) is 3.85. The van der Waals surface area contributed by atoms with E-state index in [1.54, 1.807) is 30.3 Å². The van der Waals surface area contributed by atoms with Crippen LogP contribution in [0.2, 0.25) is 20.1 Å². The Bertz CT molecular complexity index is 1070. The molecule has 148 valence electrons. The van der Waals surface area contributed by atoms with Crippen molar-refractivity contribution in [2.24, 2.45) is 5.10 Å². The fourth-order valence-electron chi connectivity index (χ4n) is 2.38. The first-order valence-corrected chi connectivity index (χ1v) is 9.89. The van der Waals surface area contributed by atoms with E-state index in [0.717, 1.165) is 5.56 Å².